The lowest BCUT2D eigenvalue weighted by atomic mass is 9.72. The largest absolute Gasteiger partial charge is 0.393 e. The average Bonchev–Trinajstić information content (AvgIpc) is 2.28. The Balaban J connectivity index is 2.05. The summed E-state index contributed by atoms with van der Waals surface area (Å²) in [6.07, 6.45) is 1.14. The van der Waals surface area contributed by atoms with Crippen LogP contribution in [0.4, 0.5) is 13.2 Å². The first-order valence-electron chi connectivity index (χ1n) is 6.78. The van der Waals surface area contributed by atoms with Crippen molar-refractivity contribution in [3.63, 3.8) is 0 Å². The lowest BCUT2D eigenvalue weighted by Crippen LogP contribution is -2.52. The Morgan fingerprint density at radius 1 is 1.06 bits per heavy atom. The molecule has 0 radical (unpaired) electrons. The summed E-state index contributed by atoms with van der Waals surface area (Å²) < 4.78 is 39.0. The van der Waals surface area contributed by atoms with Crippen LogP contribution < -0.4 is 5.32 Å². The topological polar surface area (TPSA) is 12.0 Å². The molecule has 0 aromatic carbocycles. The Kier molecular flexibility index (Phi) is 4.01. The van der Waals surface area contributed by atoms with E-state index < -0.39 is 12.1 Å². The minimum Gasteiger partial charge on any atom is -0.313 e. The van der Waals surface area contributed by atoms with Crippen molar-refractivity contribution in [2.75, 3.05) is 6.54 Å². The fourth-order valence-electron chi connectivity index (χ4n) is 3.58. The molecule has 1 saturated heterocycles. The van der Waals surface area contributed by atoms with Gasteiger partial charge in [-0.1, -0.05) is 19.8 Å². The van der Waals surface area contributed by atoms with Crippen LogP contribution in [0.3, 0.4) is 0 Å². The smallest absolute Gasteiger partial charge is 0.313 e. The van der Waals surface area contributed by atoms with E-state index >= 15 is 0 Å². The van der Waals surface area contributed by atoms with Crippen molar-refractivity contribution in [2.24, 2.45) is 17.8 Å². The van der Waals surface area contributed by atoms with Crippen molar-refractivity contribution >= 4 is 0 Å². The number of nitrogens with one attached hydrogen (secondary N) is 1. The van der Waals surface area contributed by atoms with E-state index in [9.17, 15) is 13.2 Å². The molecule has 2 fully saturated rings. The zero-order valence-electron chi connectivity index (χ0n) is 10.4. The Morgan fingerprint density at radius 3 is 2.47 bits per heavy atom. The molecule has 4 unspecified atom stereocenters. The van der Waals surface area contributed by atoms with Crippen LogP contribution in [0.25, 0.3) is 0 Å². The summed E-state index contributed by atoms with van der Waals surface area (Å²) >= 11 is 0. The minimum absolute atomic E-state index is 0.227. The second-order valence-corrected chi connectivity index (χ2v) is 5.80. The van der Waals surface area contributed by atoms with Crippen LogP contribution in [-0.2, 0) is 0 Å². The molecule has 0 spiro atoms. The fraction of sp³-hybridized carbons (Fsp3) is 1.00. The van der Waals surface area contributed by atoms with Gasteiger partial charge in [-0.3, -0.25) is 0 Å². The summed E-state index contributed by atoms with van der Waals surface area (Å²) in [5.41, 5.74) is 0. The lowest BCUT2D eigenvalue weighted by molar-refractivity contribution is -0.193. The standard InChI is InChI=1S/C13H22F3N/c1-9-4-2-5-10(8-9)12-11(13(14,15)16)6-3-7-17-12/h9-12,17H,2-8H2,1H3. The highest BCUT2D eigenvalue weighted by Crippen LogP contribution is 2.41. The molecule has 4 heteroatoms. The zero-order valence-corrected chi connectivity index (χ0v) is 10.4. The maximum absolute atomic E-state index is 13.0. The summed E-state index contributed by atoms with van der Waals surface area (Å²) in [5, 5.41) is 3.15. The van der Waals surface area contributed by atoms with Gasteiger partial charge in [-0.15, -0.1) is 0 Å². The fourth-order valence-corrected chi connectivity index (χ4v) is 3.58. The summed E-state index contributed by atoms with van der Waals surface area (Å²) in [4.78, 5) is 0. The number of hydrogen-bond donors (Lipinski definition) is 1. The summed E-state index contributed by atoms with van der Waals surface area (Å²) in [6.45, 7) is 2.92. The second kappa shape index (κ2) is 5.17. The maximum atomic E-state index is 13.0. The number of halogens is 3. The molecular weight excluding hydrogens is 227 g/mol. The van der Waals surface area contributed by atoms with Crippen LogP contribution in [0.2, 0.25) is 0 Å². The molecule has 100 valence electrons. The Bertz CT molecular complexity index is 252. The van der Waals surface area contributed by atoms with Crippen LogP contribution in [0.15, 0.2) is 0 Å². The Labute approximate surface area is 101 Å². The highest BCUT2D eigenvalue weighted by atomic mass is 19.4. The first kappa shape index (κ1) is 13.2. The molecule has 0 aromatic rings. The Morgan fingerprint density at radius 2 is 1.82 bits per heavy atom. The van der Waals surface area contributed by atoms with E-state index in [1.54, 1.807) is 0 Å². The van der Waals surface area contributed by atoms with Crippen LogP contribution in [0.1, 0.15) is 45.4 Å². The SMILES string of the molecule is CC1CCCC(C2NCCCC2C(F)(F)F)C1. The van der Waals surface area contributed by atoms with Gasteiger partial charge in [0.1, 0.15) is 0 Å². The van der Waals surface area contributed by atoms with Gasteiger partial charge in [0.2, 0.25) is 0 Å². The quantitative estimate of drug-likeness (QED) is 0.746. The van der Waals surface area contributed by atoms with Crippen molar-refractivity contribution < 1.29 is 13.2 Å². The van der Waals surface area contributed by atoms with Gasteiger partial charge in [-0.25, -0.2) is 0 Å². The number of alkyl halides is 3. The normalized spacial score (nSPS) is 40.2. The van der Waals surface area contributed by atoms with E-state index in [1.807, 2.05) is 0 Å². The molecule has 1 heterocycles. The molecule has 1 nitrogen and oxygen atoms in total. The highest BCUT2D eigenvalue weighted by molar-refractivity contribution is 4.92. The first-order valence-corrected chi connectivity index (χ1v) is 6.78. The monoisotopic (exact) mass is 249 g/mol. The minimum atomic E-state index is -4.03. The second-order valence-electron chi connectivity index (χ2n) is 5.80. The van der Waals surface area contributed by atoms with E-state index in [-0.39, 0.29) is 12.0 Å². The van der Waals surface area contributed by atoms with Crippen LogP contribution in [0, 0.1) is 17.8 Å². The summed E-state index contributed by atoms with van der Waals surface area (Å²) in [7, 11) is 0. The van der Waals surface area contributed by atoms with E-state index in [2.05, 4.69) is 12.2 Å². The van der Waals surface area contributed by atoms with Crippen molar-refractivity contribution in [1.29, 1.82) is 0 Å². The third-order valence-corrected chi connectivity index (χ3v) is 4.41. The summed E-state index contributed by atoms with van der Waals surface area (Å²) in [6, 6.07) is -0.327. The van der Waals surface area contributed by atoms with Crippen LogP contribution in [-0.4, -0.2) is 18.8 Å². The molecule has 1 saturated carbocycles. The first-order chi connectivity index (χ1) is 7.98. The molecule has 1 aliphatic carbocycles. The van der Waals surface area contributed by atoms with Gasteiger partial charge in [0.15, 0.2) is 0 Å². The average molecular weight is 249 g/mol. The van der Waals surface area contributed by atoms with Gasteiger partial charge < -0.3 is 5.32 Å². The zero-order chi connectivity index (χ0) is 12.5. The van der Waals surface area contributed by atoms with Crippen molar-refractivity contribution in [2.45, 2.75) is 57.7 Å². The number of hydrogen-bond acceptors (Lipinski definition) is 1. The maximum Gasteiger partial charge on any atom is 0.393 e. The number of piperidine rings is 1. The van der Waals surface area contributed by atoms with E-state index in [0.29, 0.717) is 18.8 Å². The molecule has 4 atom stereocenters. The van der Waals surface area contributed by atoms with E-state index in [1.165, 1.54) is 6.42 Å². The highest BCUT2D eigenvalue weighted by Gasteiger charge is 2.48. The van der Waals surface area contributed by atoms with E-state index in [4.69, 9.17) is 0 Å². The van der Waals surface area contributed by atoms with Crippen molar-refractivity contribution in [3.8, 4) is 0 Å². The molecule has 0 aromatic heterocycles. The molecule has 2 rings (SSSR count). The van der Waals surface area contributed by atoms with Crippen molar-refractivity contribution in [1.82, 2.24) is 5.32 Å². The van der Waals surface area contributed by atoms with Gasteiger partial charge in [0.25, 0.3) is 0 Å². The predicted molar refractivity (Wildman–Crippen MR) is 61.7 cm³/mol. The third kappa shape index (κ3) is 3.15. The number of rotatable bonds is 1. The molecule has 0 bridgehead atoms. The van der Waals surface area contributed by atoms with Gasteiger partial charge >= 0.3 is 6.18 Å². The van der Waals surface area contributed by atoms with Crippen LogP contribution in [0.5, 0.6) is 0 Å². The van der Waals surface area contributed by atoms with Crippen LogP contribution >= 0.6 is 0 Å². The third-order valence-electron chi connectivity index (χ3n) is 4.41. The molecule has 2 aliphatic rings. The Hall–Kier alpha value is -0.250. The van der Waals surface area contributed by atoms with E-state index in [0.717, 1.165) is 25.8 Å². The molecule has 1 N–H and O–H groups in total. The summed E-state index contributed by atoms with van der Waals surface area (Å²) in [5.74, 6) is -0.302. The van der Waals surface area contributed by atoms with Crippen molar-refractivity contribution in [3.05, 3.63) is 0 Å². The lowest BCUT2D eigenvalue weighted by Gasteiger charge is -2.41. The van der Waals surface area contributed by atoms with Gasteiger partial charge in [0.05, 0.1) is 5.92 Å². The predicted octanol–water partition coefficient (Wildman–Crippen LogP) is 3.74. The molecular formula is C13H22F3N. The molecule has 1 aliphatic heterocycles. The van der Waals surface area contributed by atoms with Gasteiger partial charge in [0, 0.05) is 6.04 Å². The molecule has 17 heavy (non-hydrogen) atoms. The van der Waals surface area contributed by atoms with Gasteiger partial charge in [-0.05, 0) is 44.1 Å². The molecule has 0 amide bonds. The van der Waals surface area contributed by atoms with Gasteiger partial charge in [-0.2, -0.15) is 13.2 Å².